The van der Waals surface area contributed by atoms with Crippen LogP contribution in [-0.4, -0.2) is 34.1 Å². The first kappa shape index (κ1) is 22.1. The van der Waals surface area contributed by atoms with Crippen molar-refractivity contribution in [1.29, 1.82) is 0 Å². The summed E-state index contributed by atoms with van der Waals surface area (Å²) in [5.41, 5.74) is 1.73. The average Bonchev–Trinajstić information content (AvgIpc) is 3.09. The van der Waals surface area contributed by atoms with Gasteiger partial charge in [-0.1, -0.05) is 18.2 Å². The van der Waals surface area contributed by atoms with Gasteiger partial charge in [-0.2, -0.15) is 0 Å². The SMILES string of the molecule is O=C(NC1CCOc2ccccc21)c1ccc(NS(=O)(=O)c2ccc3c(c2)OCCCO3)cc1. The van der Waals surface area contributed by atoms with E-state index in [1.54, 1.807) is 30.3 Å². The molecule has 1 unspecified atom stereocenters. The van der Waals surface area contributed by atoms with Crippen LogP contribution in [0.1, 0.15) is 34.8 Å². The topological polar surface area (TPSA) is 103 Å². The third-order valence-electron chi connectivity index (χ3n) is 5.69. The third kappa shape index (κ3) is 4.65. The van der Waals surface area contributed by atoms with Crippen molar-refractivity contribution in [2.45, 2.75) is 23.8 Å². The van der Waals surface area contributed by atoms with Crippen LogP contribution in [0.3, 0.4) is 0 Å². The third-order valence-corrected chi connectivity index (χ3v) is 7.07. The lowest BCUT2D eigenvalue weighted by atomic mass is 10.00. The highest BCUT2D eigenvalue weighted by Gasteiger charge is 2.23. The molecule has 34 heavy (non-hydrogen) atoms. The maximum atomic E-state index is 12.9. The number of ether oxygens (including phenoxy) is 3. The number of hydrogen-bond donors (Lipinski definition) is 2. The number of rotatable bonds is 5. The Morgan fingerprint density at radius 2 is 1.56 bits per heavy atom. The molecule has 5 rings (SSSR count). The minimum atomic E-state index is -3.85. The van der Waals surface area contributed by atoms with E-state index in [1.807, 2.05) is 24.3 Å². The van der Waals surface area contributed by atoms with Gasteiger partial charge in [-0.05, 0) is 42.5 Å². The molecule has 1 amide bonds. The number of sulfonamides is 1. The van der Waals surface area contributed by atoms with Gasteiger partial charge in [0.15, 0.2) is 11.5 Å². The highest BCUT2D eigenvalue weighted by Crippen LogP contribution is 2.33. The molecule has 176 valence electrons. The van der Waals surface area contributed by atoms with E-state index in [0.29, 0.717) is 49.0 Å². The highest BCUT2D eigenvalue weighted by molar-refractivity contribution is 7.92. The Bertz CT molecular complexity index is 1310. The van der Waals surface area contributed by atoms with Crippen LogP contribution in [0.5, 0.6) is 17.2 Å². The maximum absolute atomic E-state index is 12.9. The molecule has 2 heterocycles. The van der Waals surface area contributed by atoms with Crippen LogP contribution in [-0.2, 0) is 10.0 Å². The predicted octanol–water partition coefficient (Wildman–Crippen LogP) is 3.90. The van der Waals surface area contributed by atoms with Gasteiger partial charge in [0.25, 0.3) is 15.9 Å². The van der Waals surface area contributed by atoms with Gasteiger partial charge in [0.05, 0.1) is 30.8 Å². The molecule has 0 fully saturated rings. The lowest BCUT2D eigenvalue weighted by Crippen LogP contribution is -2.32. The number of fused-ring (bicyclic) bond motifs is 2. The number of benzene rings is 3. The number of nitrogens with one attached hydrogen (secondary N) is 2. The normalized spacial score (nSPS) is 17.0. The molecule has 8 nitrogen and oxygen atoms in total. The van der Waals surface area contributed by atoms with Crippen LogP contribution < -0.4 is 24.2 Å². The van der Waals surface area contributed by atoms with Crippen molar-refractivity contribution < 1.29 is 27.4 Å². The largest absolute Gasteiger partial charge is 0.493 e. The van der Waals surface area contributed by atoms with E-state index in [1.165, 1.54) is 12.1 Å². The average molecular weight is 481 g/mol. The van der Waals surface area contributed by atoms with Crippen molar-refractivity contribution in [2.75, 3.05) is 24.5 Å². The first-order chi connectivity index (χ1) is 16.5. The fourth-order valence-corrected chi connectivity index (χ4v) is 5.02. The molecule has 0 radical (unpaired) electrons. The quantitative estimate of drug-likeness (QED) is 0.574. The summed E-state index contributed by atoms with van der Waals surface area (Å²) in [4.78, 5) is 12.9. The summed E-state index contributed by atoms with van der Waals surface area (Å²) in [6.07, 6.45) is 1.41. The number of amides is 1. The summed E-state index contributed by atoms with van der Waals surface area (Å²) >= 11 is 0. The van der Waals surface area contributed by atoms with Gasteiger partial charge in [0.2, 0.25) is 0 Å². The van der Waals surface area contributed by atoms with E-state index in [2.05, 4.69) is 10.0 Å². The molecule has 0 saturated heterocycles. The van der Waals surface area contributed by atoms with E-state index in [0.717, 1.165) is 17.7 Å². The standard InChI is InChI=1S/C25H24N2O6S/c28-25(26-21-12-15-33-22-5-2-1-4-20(21)22)17-6-8-18(9-7-17)27-34(29,30)19-10-11-23-24(16-19)32-14-3-13-31-23/h1-2,4-11,16,21,27H,3,12-15H2,(H,26,28). The summed E-state index contributed by atoms with van der Waals surface area (Å²) in [6, 6.07) is 18.3. The Morgan fingerprint density at radius 3 is 2.38 bits per heavy atom. The van der Waals surface area contributed by atoms with E-state index in [-0.39, 0.29) is 16.8 Å². The van der Waals surface area contributed by atoms with Gasteiger partial charge in [0.1, 0.15) is 5.75 Å². The van der Waals surface area contributed by atoms with Crippen molar-refractivity contribution in [3.05, 3.63) is 77.9 Å². The second-order valence-corrected chi connectivity index (χ2v) is 9.73. The molecule has 9 heteroatoms. The van der Waals surface area contributed by atoms with Gasteiger partial charge in [-0.3, -0.25) is 9.52 Å². The van der Waals surface area contributed by atoms with Crippen LogP contribution in [0.25, 0.3) is 0 Å². The van der Waals surface area contributed by atoms with Gasteiger partial charge in [0, 0.05) is 35.7 Å². The Morgan fingerprint density at radius 1 is 0.824 bits per heavy atom. The zero-order valence-corrected chi connectivity index (χ0v) is 19.1. The molecular weight excluding hydrogens is 456 g/mol. The number of anilines is 1. The van der Waals surface area contributed by atoms with Gasteiger partial charge in [-0.25, -0.2) is 8.42 Å². The van der Waals surface area contributed by atoms with E-state index >= 15 is 0 Å². The summed E-state index contributed by atoms with van der Waals surface area (Å²) in [5.74, 6) is 1.47. The lowest BCUT2D eigenvalue weighted by Gasteiger charge is -2.26. The van der Waals surface area contributed by atoms with Crippen LogP contribution in [0.4, 0.5) is 5.69 Å². The predicted molar refractivity (Wildman–Crippen MR) is 126 cm³/mol. The molecule has 2 aliphatic heterocycles. The van der Waals surface area contributed by atoms with Crippen LogP contribution >= 0.6 is 0 Å². The van der Waals surface area contributed by atoms with Crippen LogP contribution in [0.2, 0.25) is 0 Å². The molecule has 0 bridgehead atoms. The second-order valence-electron chi connectivity index (χ2n) is 8.04. The molecule has 0 spiro atoms. The van der Waals surface area contributed by atoms with Gasteiger partial charge < -0.3 is 19.5 Å². The molecule has 0 aromatic heterocycles. The van der Waals surface area contributed by atoms with Crippen molar-refractivity contribution in [2.24, 2.45) is 0 Å². The maximum Gasteiger partial charge on any atom is 0.262 e. The zero-order valence-electron chi connectivity index (χ0n) is 18.3. The van der Waals surface area contributed by atoms with E-state index < -0.39 is 10.0 Å². The second kappa shape index (κ2) is 9.26. The number of carbonyl (C=O) groups excluding carboxylic acids is 1. The number of carbonyl (C=O) groups is 1. The Hall–Kier alpha value is -3.72. The first-order valence-electron chi connectivity index (χ1n) is 11.0. The summed E-state index contributed by atoms with van der Waals surface area (Å²) in [6.45, 7) is 1.52. The lowest BCUT2D eigenvalue weighted by molar-refractivity contribution is 0.0925. The smallest absolute Gasteiger partial charge is 0.262 e. The Kier molecular flexibility index (Phi) is 6.02. The van der Waals surface area contributed by atoms with Crippen molar-refractivity contribution in [3.8, 4) is 17.2 Å². The zero-order chi connectivity index (χ0) is 23.5. The Balaban J connectivity index is 1.27. The number of para-hydroxylation sites is 1. The molecule has 2 aliphatic rings. The fraction of sp³-hybridized carbons (Fsp3) is 0.240. The van der Waals surface area contributed by atoms with E-state index in [4.69, 9.17) is 14.2 Å². The summed E-state index contributed by atoms with van der Waals surface area (Å²) < 4.78 is 45.1. The summed E-state index contributed by atoms with van der Waals surface area (Å²) in [7, 11) is -3.85. The van der Waals surface area contributed by atoms with Crippen LogP contribution in [0.15, 0.2) is 71.6 Å². The summed E-state index contributed by atoms with van der Waals surface area (Å²) in [5, 5.41) is 3.04. The molecule has 1 atom stereocenters. The first-order valence-corrected chi connectivity index (χ1v) is 12.5. The molecule has 3 aromatic carbocycles. The van der Waals surface area contributed by atoms with Crippen LogP contribution in [0, 0.1) is 0 Å². The minimum absolute atomic E-state index is 0.0664. The molecule has 0 aliphatic carbocycles. The van der Waals surface area contributed by atoms with Crippen molar-refractivity contribution in [3.63, 3.8) is 0 Å². The van der Waals surface area contributed by atoms with Crippen molar-refractivity contribution in [1.82, 2.24) is 5.32 Å². The molecule has 2 N–H and O–H groups in total. The fourth-order valence-electron chi connectivity index (χ4n) is 3.95. The monoisotopic (exact) mass is 480 g/mol. The number of hydrogen-bond acceptors (Lipinski definition) is 6. The minimum Gasteiger partial charge on any atom is -0.493 e. The Labute approximate surface area is 197 Å². The highest BCUT2D eigenvalue weighted by atomic mass is 32.2. The molecule has 0 saturated carbocycles. The van der Waals surface area contributed by atoms with Gasteiger partial charge >= 0.3 is 0 Å². The van der Waals surface area contributed by atoms with Crippen molar-refractivity contribution >= 4 is 21.6 Å². The molecular formula is C25H24N2O6S. The van der Waals surface area contributed by atoms with E-state index in [9.17, 15) is 13.2 Å². The molecule has 3 aromatic rings. The van der Waals surface area contributed by atoms with Gasteiger partial charge in [-0.15, -0.1) is 0 Å².